The molecule has 3 nitrogen and oxygen atoms in total. The van der Waals surface area contributed by atoms with Crippen LogP contribution >= 0.6 is 12.2 Å². The highest BCUT2D eigenvalue weighted by molar-refractivity contribution is 7.80. The molecule has 1 heterocycles. The molecule has 0 bridgehead atoms. The summed E-state index contributed by atoms with van der Waals surface area (Å²) in [5, 5.41) is 0. The Morgan fingerprint density at radius 1 is 1.44 bits per heavy atom. The lowest BCUT2D eigenvalue weighted by atomic mass is 10.1. The molecule has 1 aliphatic rings. The lowest BCUT2D eigenvalue weighted by Gasteiger charge is -2.29. The topological polar surface area (TPSA) is 38.5 Å². The first-order chi connectivity index (χ1) is 8.56. The minimum absolute atomic E-state index is 0.153. The number of halogens is 1. The summed E-state index contributed by atoms with van der Waals surface area (Å²) in [6, 6.07) is 4.29. The van der Waals surface area contributed by atoms with Crippen LogP contribution in [0, 0.1) is 5.82 Å². The number of thiocarbonyl (C=S) groups is 1. The molecule has 2 N–H and O–H groups in total. The predicted molar refractivity (Wildman–Crippen MR) is 73.4 cm³/mol. The van der Waals surface area contributed by atoms with Crippen LogP contribution < -0.4 is 10.5 Å². The Balaban J connectivity index is 2.11. The minimum Gasteiger partial charge on any atom is -0.490 e. The maximum Gasteiger partial charge on any atom is 0.130 e. The van der Waals surface area contributed by atoms with Crippen molar-refractivity contribution in [3.8, 4) is 5.75 Å². The molecule has 1 fully saturated rings. The van der Waals surface area contributed by atoms with Crippen molar-refractivity contribution in [3.05, 3.63) is 29.6 Å². The van der Waals surface area contributed by atoms with Crippen molar-refractivity contribution in [1.82, 2.24) is 4.90 Å². The molecule has 1 aliphatic heterocycles. The summed E-state index contributed by atoms with van der Waals surface area (Å²) in [7, 11) is 2.09. The number of nitrogens with zero attached hydrogens (tertiary/aromatic N) is 1. The standard InChI is InChI=1S/C13H17FN2OS/c1-16-6-4-10(5-7-16)17-12-3-2-9(14)8-11(12)13(15)18/h2-3,8,10H,4-7H2,1H3,(H2,15,18). The van der Waals surface area contributed by atoms with Crippen LogP contribution in [0.3, 0.4) is 0 Å². The number of nitrogens with two attached hydrogens (primary N) is 1. The fraction of sp³-hybridized carbons (Fsp3) is 0.462. The van der Waals surface area contributed by atoms with E-state index >= 15 is 0 Å². The van der Waals surface area contributed by atoms with Crippen LogP contribution in [-0.2, 0) is 0 Å². The molecule has 0 aromatic heterocycles. The number of piperidine rings is 1. The highest BCUT2D eigenvalue weighted by atomic mass is 32.1. The van der Waals surface area contributed by atoms with E-state index in [2.05, 4.69) is 11.9 Å². The van der Waals surface area contributed by atoms with E-state index < -0.39 is 0 Å². The van der Waals surface area contributed by atoms with E-state index in [4.69, 9.17) is 22.7 Å². The Bertz CT molecular complexity index is 445. The van der Waals surface area contributed by atoms with Gasteiger partial charge in [0.05, 0.1) is 5.56 Å². The van der Waals surface area contributed by atoms with Crippen molar-refractivity contribution in [2.24, 2.45) is 5.73 Å². The van der Waals surface area contributed by atoms with E-state index in [9.17, 15) is 4.39 Å². The Labute approximate surface area is 112 Å². The quantitative estimate of drug-likeness (QED) is 0.850. The zero-order chi connectivity index (χ0) is 13.1. The summed E-state index contributed by atoms with van der Waals surface area (Å²) >= 11 is 4.92. The lowest BCUT2D eigenvalue weighted by Crippen LogP contribution is -2.36. The van der Waals surface area contributed by atoms with Crippen molar-refractivity contribution in [1.29, 1.82) is 0 Å². The largest absolute Gasteiger partial charge is 0.490 e. The van der Waals surface area contributed by atoms with Gasteiger partial charge in [0.15, 0.2) is 0 Å². The first-order valence-corrected chi connectivity index (χ1v) is 6.41. The molecule has 0 aliphatic carbocycles. The van der Waals surface area contributed by atoms with Gasteiger partial charge in [0, 0.05) is 13.1 Å². The average Bonchev–Trinajstić information content (AvgIpc) is 2.34. The van der Waals surface area contributed by atoms with Gasteiger partial charge in [-0.15, -0.1) is 0 Å². The molecule has 1 saturated heterocycles. The normalized spacial score (nSPS) is 17.7. The van der Waals surface area contributed by atoms with Gasteiger partial charge in [0.2, 0.25) is 0 Å². The highest BCUT2D eigenvalue weighted by Crippen LogP contribution is 2.23. The molecule has 0 atom stereocenters. The highest BCUT2D eigenvalue weighted by Gasteiger charge is 2.19. The molecule has 0 radical (unpaired) electrons. The summed E-state index contributed by atoms with van der Waals surface area (Å²) in [6.07, 6.45) is 2.08. The average molecular weight is 268 g/mol. The smallest absolute Gasteiger partial charge is 0.130 e. The zero-order valence-electron chi connectivity index (χ0n) is 10.4. The SMILES string of the molecule is CN1CCC(Oc2ccc(F)cc2C(N)=S)CC1. The van der Waals surface area contributed by atoms with E-state index in [1.165, 1.54) is 12.1 Å². The molecule has 1 aromatic carbocycles. The van der Waals surface area contributed by atoms with Crippen LogP contribution in [0.25, 0.3) is 0 Å². The van der Waals surface area contributed by atoms with Crippen molar-refractivity contribution in [2.75, 3.05) is 20.1 Å². The maximum absolute atomic E-state index is 13.2. The van der Waals surface area contributed by atoms with Crippen LogP contribution in [0.1, 0.15) is 18.4 Å². The summed E-state index contributed by atoms with van der Waals surface area (Å²) in [5.74, 6) is 0.229. The van der Waals surface area contributed by atoms with Crippen LogP contribution in [0.4, 0.5) is 4.39 Å². The Hall–Kier alpha value is -1.20. The van der Waals surface area contributed by atoms with E-state index in [0.717, 1.165) is 25.9 Å². The molecule has 0 saturated carbocycles. The molecule has 98 valence electrons. The van der Waals surface area contributed by atoms with Crippen molar-refractivity contribution in [3.63, 3.8) is 0 Å². The molecular formula is C13H17FN2OS. The Morgan fingerprint density at radius 3 is 2.72 bits per heavy atom. The molecule has 2 rings (SSSR count). The van der Waals surface area contributed by atoms with E-state index in [0.29, 0.717) is 11.3 Å². The predicted octanol–water partition coefficient (Wildman–Crippen LogP) is 1.93. The number of ether oxygens (including phenoxy) is 1. The molecule has 18 heavy (non-hydrogen) atoms. The van der Waals surface area contributed by atoms with Gasteiger partial charge in [-0.3, -0.25) is 0 Å². The van der Waals surface area contributed by atoms with Crippen LogP contribution in [-0.4, -0.2) is 36.1 Å². The fourth-order valence-electron chi connectivity index (χ4n) is 2.08. The van der Waals surface area contributed by atoms with E-state index in [1.54, 1.807) is 6.07 Å². The third-order valence-corrected chi connectivity index (χ3v) is 3.39. The second-order valence-electron chi connectivity index (χ2n) is 4.63. The van der Waals surface area contributed by atoms with Gasteiger partial charge in [0.1, 0.15) is 22.7 Å². The Kier molecular flexibility index (Phi) is 4.14. The van der Waals surface area contributed by atoms with E-state index in [-0.39, 0.29) is 16.9 Å². The van der Waals surface area contributed by atoms with Crippen molar-refractivity contribution < 1.29 is 9.13 Å². The van der Waals surface area contributed by atoms with Crippen LogP contribution in [0.5, 0.6) is 5.75 Å². The second kappa shape index (κ2) is 5.63. The molecular weight excluding hydrogens is 251 g/mol. The van der Waals surface area contributed by atoms with Gasteiger partial charge in [-0.25, -0.2) is 4.39 Å². The molecule has 0 amide bonds. The number of benzene rings is 1. The van der Waals surface area contributed by atoms with Gasteiger partial charge >= 0.3 is 0 Å². The number of rotatable bonds is 3. The first-order valence-electron chi connectivity index (χ1n) is 6.01. The Morgan fingerprint density at radius 2 is 2.11 bits per heavy atom. The van der Waals surface area contributed by atoms with Crippen LogP contribution in [0.15, 0.2) is 18.2 Å². The lowest BCUT2D eigenvalue weighted by molar-refractivity contribution is 0.114. The molecule has 0 spiro atoms. The monoisotopic (exact) mass is 268 g/mol. The summed E-state index contributed by atoms with van der Waals surface area (Å²) in [6.45, 7) is 2.02. The van der Waals surface area contributed by atoms with Gasteiger partial charge in [-0.05, 0) is 38.1 Å². The van der Waals surface area contributed by atoms with Crippen LogP contribution in [0.2, 0.25) is 0 Å². The fourth-order valence-corrected chi connectivity index (χ4v) is 2.24. The van der Waals surface area contributed by atoms with Gasteiger partial charge in [0.25, 0.3) is 0 Å². The van der Waals surface area contributed by atoms with Crippen molar-refractivity contribution >= 4 is 17.2 Å². The maximum atomic E-state index is 13.2. The molecule has 1 aromatic rings. The summed E-state index contributed by atoms with van der Waals surface area (Å²) in [4.78, 5) is 2.43. The van der Waals surface area contributed by atoms with Crippen molar-refractivity contribution in [2.45, 2.75) is 18.9 Å². The second-order valence-corrected chi connectivity index (χ2v) is 5.07. The van der Waals surface area contributed by atoms with E-state index in [1.807, 2.05) is 0 Å². The van der Waals surface area contributed by atoms with Gasteiger partial charge < -0.3 is 15.4 Å². The minimum atomic E-state index is -0.353. The summed E-state index contributed by atoms with van der Waals surface area (Å²) in [5.41, 5.74) is 6.06. The number of hydrogen-bond acceptors (Lipinski definition) is 3. The molecule has 0 unspecified atom stereocenters. The third-order valence-electron chi connectivity index (χ3n) is 3.17. The summed E-state index contributed by atoms with van der Waals surface area (Å²) < 4.78 is 19.1. The third kappa shape index (κ3) is 3.17. The number of hydrogen-bond donors (Lipinski definition) is 1. The molecule has 5 heteroatoms. The number of likely N-dealkylation sites (tertiary alicyclic amines) is 1. The van der Waals surface area contributed by atoms with Gasteiger partial charge in [-0.2, -0.15) is 0 Å². The van der Waals surface area contributed by atoms with Gasteiger partial charge in [-0.1, -0.05) is 12.2 Å². The zero-order valence-corrected chi connectivity index (χ0v) is 11.2. The first kappa shape index (κ1) is 13.2.